The van der Waals surface area contributed by atoms with Crippen LogP contribution in [0.5, 0.6) is 5.75 Å². The van der Waals surface area contributed by atoms with Gasteiger partial charge in [-0.05, 0) is 48.6 Å². The van der Waals surface area contributed by atoms with Gasteiger partial charge in [-0.1, -0.05) is 36.4 Å². The van der Waals surface area contributed by atoms with Crippen molar-refractivity contribution in [2.24, 2.45) is 0 Å². The number of nitrogens with one attached hydrogen (secondary N) is 1. The molecule has 0 spiro atoms. The molecule has 3 rings (SSSR count). The van der Waals surface area contributed by atoms with Crippen LogP contribution < -0.4 is 10.1 Å². The molecule has 0 saturated heterocycles. The predicted molar refractivity (Wildman–Crippen MR) is 99.0 cm³/mol. The Morgan fingerprint density at radius 3 is 2.46 bits per heavy atom. The minimum absolute atomic E-state index is 0.0930. The lowest BCUT2D eigenvalue weighted by atomic mass is 10.1. The summed E-state index contributed by atoms with van der Waals surface area (Å²) in [4.78, 5) is 12.9. The lowest BCUT2D eigenvalue weighted by molar-refractivity contribution is 0.103. The number of rotatable bonds is 5. The summed E-state index contributed by atoms with van der Waals surface area (Å²) in [5.74, 6) is 0.823. The van der Waals surface area contributed by atoms with E-state index in [-0.39, 0.29) is 5.91 Å². The SMILES string of the molecule is Cc1cccc(C)c1OCc1csc(C(=O)Nc2ccccc2)c1. The van der Waals surface area contributed by atoms with Gasteiger partial charge < -0.3 is 10.1 Å². The minimum Gasteiger partial charge on any atom is -0.488 e. The van der Waals surface area contributed by atoms with Crippen molar-refractivity contribution in [2.75, 3.05) is 5.32 Å². The highest BCUT2D eigenvalue weighted by Gasteiger charge is 2.10. The van der Waals surface area contributed by atoms with E-state index in [1.54, 1.807) is 0 Å². The number of hydrogen-bond acceptors (Lipinski definition) is 3. The molecule has 1 N–H and O–H groups in total. The van der Waals surface area contributed by atoms with E-state index in [9.17, 15) is 4.79 Å². The van der Waals surface area contributed by atoms with Crippen molar-refractivity contribution in [1.82, 2.24) is 0 Å². The van der Waals surface area contributed by atoms with E-state index in [2.05, 4.69) is 5.32 Å². The van der Waals surface area contributed by atoms with Gasteiger partial charge in [0, 0.05) is 11.3 Å². The Hall–Kier alpha value is -2.59. The molecule has 0 aliphatic heterocycles. The largest absolute Gasteiger partial charge is 0.488 e. The summed E-state index contributed by atoms with van der Waals surface area (Å²) < 4.78 is 5.94. The maximum atomic E-state index is 12.3. The summed E-state index contributed by atoms with van der Waals surface area (Å²) in [5.41, 5.74) is 4.03. The van der Waals surface area contributed by atoms with Crippen LogP contribution in [0.1, 0.15) is 26.4 Å². The van der Waals surface area contributed by atoms with Gasteiger partial charge in [0.2, 0.25) is 0 Å². The maximum Gasteiger partial charge on any atom is 0.265 e. The lowest BCUT2D eigenvalue weighted by Crippen LogP contribution is -2.09. The molecule has 3 aromatic rings. The third-order valence-corrected chi connectivity index (χ3v) is 4.68. The van der Waals surface area contributed by atoms with E-state index in [1.165, 1.54) is 11.3 Å². The van der Waals surface area contributed by atoms with Gasteiger partial charge in [0.25, 0.3) is 5.91 Å². The molecule has 4 heteroatoms. The van der Waals surface area contributed by atoms with Crippen LogP contribution in [0.25, 0.3) is 0 Å². The highest BCUT2D eigenvalue weighted by atomic mass is 32.1. The molecular weight excluding hydrogens is 318 g/mol. The van der Waals surface area contributed by atoms with Crippen LogP contribution >= 0.6 is 11.3 Å². The van der Waals surface area contributed by atoms with E-state index in [0.29, 0.717) is 11.5 Å². The third kappa shape index (κ3) is 3.84. The first kappa shape index (κ1) is 16.3. The van der Waals surface area contributed by atoms with Crippen molar-refractivity contribution >= 4 is 22.9 Å². The van der Waals surface area contributed by atoms with Crippen LogP contribution in [0.4, 0.5) is 5.69 Å². The molecule has 0 fully saturated rings. The summed E-state index contributed by atoms with van der Waals surface area (Å²) >= 11 is 1.43. The van der Waals surface area contributed by atoms with Crippen molar-refractivity contribution in [3.8, 4) is 5.75 Å². The average Bonchev–Trinajstić information content (AvgIpc) is 3.04. The normalized spacial score (nSPS) is 10.4. The fraction of sp³-hybridized carbons (Fsp3) is 0.150. The van der Waals surface area contributed by atoms with E-state index < -0.39 is 0 Å². The number of amides is 1. The fourth-order valence-electron chi connectivity index (χ4n) is 2.47. The first-order valence-corrected chi connectivity index (χ1v) is 8.64. The zero-order valence-electron chi connectivity index (χ0n) is 13.7. The lowest BCUT2D eigenvalue weighted by Gasteiger charge is -2.10. The van der Waals surface area contributed by atoms with E-state index in [4.69, 9.17) is 4.74 Å². The van der Waals surface area contributed by atoms with Crippen LogP contribution in [0.3, 0.4) is 0 Å². The van der Waals surface area contributed by atoms with E-state index in [0.717, 1.165) is 28.1 Å². The van der Waals surface area contributed by atoms with Crippen LogP contribution in [-0.4, -0.2) is 5.91 Å². The number of carbonyl (C=O) groups is 1. The number of hydrogen-bond donors (Lipinski definition) is 1. The summed E-state index contributed by atoms with van der Waals surface area (Å²) in [7, 11) is 0. The summed E-state index contributed by atoms with van der Waals surface area (Å²) in [6.45, 7) is 4.53. The molecule has 3 nitrogen and oxygen atoms in total. The third-order valence-electron chi connectivity index (χ3n) is 3.70. The second kappa shape index (κ2) is 7.32. The zero-order chi connectivity index (χ0) is 16.9. The molecule has 0 bridgehead atoms. The molecular formula is C20H19NO2S. The molecule has 122 valence electrons. The Balaban J connectivity index is 1.64. The number of ether oxygens (including phenoxy) is 1. The fourth-order valence-corrected chi connectivity index (χ4v) is 3.26. The van der Waals surface area contributed by atoms with Crippen molar-refractivity contribution in [2.45, 2.75) is 20.5 Å². The average molecular weight is 337 g/mol. The Morgan fingerprint density at radius 1 is 1.04 bits per heavy atom. The van der Waals surface area contributed by atoms with Gasteiger partial charge in [-0.3, -0.25) is 4.79 Å². The van der Waals surface area contributed by atoms with Gasteiger partial charge in [0.15, 0.2) is 0 Å². The number of para-hydroxylation sites is 2. The molecule has 0 atom stereocenters. The summed E-state index contributed by atoms with van der Waals surface area (Å²) in [6, 6.07) is 17.4. The van der Waals surface area contributed by atoms with E-state index >= 15 is 0 Å². The molecule has 24 heavy (non-hydrogen) atoms. The zero-order valence-corrected chi connectivity index (χ0v) is 14.5. The highest BCUT2D eigenvalue weighted by Crippen LogP contribution is 2.24. The number of anilines is 1. The summed E-state index contributed by atoms with van der Waals surface area (Å²) in [6.07, 6.45) is 0. The van der Waals surface area contributed by atoms with Gasteiger partial charge in [0.1, 0.15) is 12.4 Å². The standard InChI is InChI=1S/C20H19NO2S/c1-14-7-6-8-15(2)19(14)23-12-16-11-18(24-13-16)20(22)21-17-9-4-3-5-10-17/h3-11,13H,12H2,1-2H3,(H,21,22). The number of carbonyl (C=O) groups excluding carboxylic acids is 1. The number of thiophene rings is 1. The van der Waals surface area contributed by atoms with Crippen molar-refractivity contribution < 1.29 is 9.53 Å². The number of benzene rings is 2. The van der Waals surface area contributed by atoms with Crippen LogP contribution in [-0.2, 0) is 6.61 Å². The van der Waals surface area contributed by atoms with Crippen molar-refractivity contribution in [1.29, 1.82) is 0 Å². The molecule has 0 saturated carbocycles. The monoisotopic (exact) mass is 337 g/mol. The molecule has 1 heterocycles. The highest BCUT2D eigenvalue weighted by molar-refractivity contribution is 7.12. The molecule has 0 radical (unpaired) electrons. The molecule has 0 unspecified atom stereocenters. The predicted octanol–water partition coefficient (Wildman–Crippen LogP) is 5.20. The quantitative estimate of drug-likeness (QED) is 0.695. The van der Waals surface area contributed by atoms with Crippen LogP contribution in [0.2, 0.25) is 0 Å². The first-order valence-electron chi connectivity index (χ1n) is 7.76. The second-order valence-electron chi connectivity index (χ2n) is 5.65. The van der Waals surface area contributed by atoms with E-state index in [1.807, 2.05) is 73.8 Å². The number of aryl methyl sites for hydroxylation is 2. The van der Waals surface area contributed by atoms with Crippen LogP contribution in [0.15, 0.2) is 60.0 Å². The van der Waals surface area contributed by atoms with Gasteiger partial charge in [-0.15, -0.1) is 11.3 Å². The summed E-state index contributed by atoms with van der Waals surface area (Å²) in [5, 5.41) is 4.86. The van der Waals surface area contributed by atoms with Crippen molar-refractivity contribution in [3.05, 3.63) is 81.5 Å². The Kier molecular flexibility index (Phi) is 4.96. The Morgan fingerprint density at radius 2 is 1.75 bits per heavy atom. The molecule has 1 aromatic heterocycles. The molecule has 0 aliphatic carbocycles. The van der Waals surface area contributed by atoms with Crippen LogP contribution in [0, 0.1) is 13.8 Å². The van der Waals surface area contributed by atoms with Gasteiger partial charge in [-0.2, -0.15) is 0 Å². The second-order valence-corrected chi connectivity index (χ2v) is 6.56. The van der Waals surface area contributed by atoms with Gasteiger partial charge in [0.05, 0.1) is 4.88 Å². The topological polar surface area (TPSA) is 38.3 Å². The van der Waals surface area contributed by atoms with Gasteiger partial charge >= 0.3 is 0 Å². The minimum atomic E-state index is -0.0930. The van der Waals surface area contributed by atoms with Gasteiger partial charge in [-0.25, -0.2) is 0 Å². The Labute approximate surface area is 145 Å². The van der Waals surface area contributed by atoms with Crippen molar-refractivity contribution in [3.63, 3.8) is 0 Å². The molecule has 1 amide bonds. The molecule has 2 aromatic carbocycles. The maximum absolute atomic E-state index is 12.3. The molecule has 0 aliphatic rings. The Bertz CT molecular complexity index is 820. The smallest absolute Gasteiger partial charge is 0.265 e. The first-order chi connectivity index (χ1) is 11.6.